The highest BCUT2D eigenvalue weighted by Crippen LogP contribution is 2.43. The molecule has 0 spiro atoms. The summed E-state index contributed by atoms with van der Waals surface area (Å²) in [7, 11) is 3.63. The summed E-state index contributed by atoms with van der Waals surface area (Å²) >= 11 is 7.43. The Balaban J connectivity index is 1.28. The summed E-state index contributed by atoms with van der Waals surface area (Å²) in [4.78, 5) is 30.2. The highest BCUT2D eigenvalue weighted by molar-refractivity contribution is 6.28. The number of oxazole rings is 1. The highest BCUT2D eigenvalue weighted by Gasteiger charge is 2.47. The van der Waals surface area contributed by atoms with Crippen molar-refractivity contribution in [2.45, 2.75) is 37.4 Å². The van der Waals surface area contributed by atoms with Crippen molar-refractivity contribution in [3.05, 3.63) is 130 Å². The monoisotopic (exact) mass is 671 g/mol. The molecule has 5 aromatic rings. The van der Waals surface area contributed by atoms with Crippen molar-refractivity contribution in [2.24, 2.45) is 0 Å². The van der Waals surface area contributed by atoms with E-state index in [-0.39, 0.29) is 11.6 Å². The van der Waals surface area contributed by atoms with Gasteiger partial charge in [-0.15, -0.1) is 11.6 Å². The Bertz CT molecular complexity index is 2190. The summed E-state index contributed by atoms with van der Waals surface area (Å²) in [5.41, 5.74) is 6.35. The number of pyridine rings is 2. The molecule has 2 unspecified atom stereocenters. The summed E-state index contributed by atoms with van der Waals surface area (Å²) < 4.78 is 11.7. The second-order valence-electron chi connectivity index (χ2n) is 12.3. The number of aromatic nitrogens is 3. The fourth-order valence-corrected chi connectivity index (χ4v) is 6.81. The standard InChI is InChI=1S/C38H34ClN7O3/c1-23-7-4-5-8-28(23)29-9-6-14-38(35(29)39,45-36(47)31-11-10-25-22-46(2)16-13-30(25)43-31)37-44-32-18-24(17-26(20-40)34(32)49-37)21-42-27-12-15-41-33(19-27)48-3/h4-12,14-15,17-19,35H,13,16,21-22H2,1-3H3,(H,41,42)(H,45,47). The number of rotatable bonds is 8. The maximum absolute atomic E-state index is 14.1. The molecule has 0 saturated carbocycles. The zero-order valence-electron chi connectivity index (χ0n) is 27.3. The van der Waals surface area contributed by atoms with E-state index in [0.29, 0.717) is 29.1 Å². The topological polar surface area (TPSA) is 129 Å². The fraction of sp³-hybridized carbons (Fsp3) is 0.237. The number of methoxy groups -OCH3 is 1. The molecule has 49 heavy (non-hydrogen) atoms. The molecule has 246 valence electrons. The lowest BCUT2D eigenvalue weighted by Crippen LogP contribution is -2.52. The van der Waals surface area contributed by atoms with Gasteiger partial charge in [-0.3, -0.25) is 4.79 Å². The van der Waals surface area contributed by atoms with Crippen LogP contribution in [0.25, 0.3) is 16.7 Å². The van der Waals surface area contributed by atoms with Gasteiger partial charge >= 0.3 is 0 Å². The molecule has 1 amide bonds. The number of anilines is 1. The van der Waals surface area contributed by atoms with Crippen LogP contribution in [0.15, 0.2) is 89.5 Å². The number of carbonyl (C=O) groups is 1. The minimum atomic E-state index is -1.42. The molecule has 0 bridgehead atoms. The Kier molecular flexibility index (Phi) is 8.63. The van der Waals surface area contributed by atoms with Crippen molar-refractivity contribution in [3.8, 4) is 11.9 Å². The van der Waals surface area contributed by atoms with Gasteiger partial charge in [0.2, 0.25) is 11.8 Å². The van der Waals surface area contributed by atoms with E-state index < -0.39 is 16.8 Å². The first kappa shape index (κ1) is 32.1. The van der Waals surface area contributed by atoms with Crippen LogP contribution >= 0.6 is 11.6 Å². The van der Waals surface area contributed by atoms with E-state index in [2.05, 4.69) is 33.6 Å². The minimum Gasteiger partial charge on any atom is -0.481 e. The molecule has 2 N–H and O–H groups in total. The van der Waals surface area contributed by atoms with Gasteiger partial charge in [0.05, 0.1) is 18.1 Å². The summed E-state index contributed by atoms with van der Waals surface area (Å²) in [5, 5.41) is 15.9. The number of hydrogen-bond acceptors (Lipinski definition) is 9. The molecule has 3 aromatic heterocycles. The lowest BCUT2D eigenvalue weighted by Gasteiger charge is -2.37. The number of amides is 1. The molecule has 2 aromatic carbocycles. The number of nitrogens with zero attached hydrogens (tertiary/aromatic N) is 5. The number of likely N-dealkylation sites (N-methyl/N-ethyl adjacent to an activating group) is 1. The number of carbonyl (C=O) groups excluding carboxylic acids is 1. The van der Waals surface area contributed by atoms with Gasteiger partial charge in [-0.1, -0.05) is 42.5 Å². The van der Waals surface area contributed by atoms with E-state index in [0.717, 1.165) is 58.7 Å². The first-order valence-corrected chi connectivity index (χ1v) is 16.4. The minimum absolute atomic E-state index is 0.159. The number of allylic oxidation sites excluding steroid dienone is 2. The third-order valence-electron chi connectivity index (χ3n) is 9.02. The SMILES string of the molecule is COc1cc(NCc2cc(C#N)c3oc(C4(NC(=O)c5ccc6c(n5)CCN(C)C6)C=CC=C(c5ccccc5C)C4Cl)nc3c2)ccn1. The molecule has 10 nitrogen and oxygen atoms in total. The average Bonchev–Trinajstić information content (AvgIpc) is 3.56. The van der Waals surface area contributed by atoms with Gasteiger partial charge in [-0.05, 0) is 72.1 Å². The van der Waals surface area contributed by atoms with Crippen LogP contribution in [0, 0.1) is 18.3 Å². The normalized spacial score (nSPS) is 18.8. The molecule has 0 saturated heterocycles. The molecule has 0 fully saturated rings. The lowest BCUT2D eigenvalue weighted by molar-refractivity contribution is 0.0901. The Hall–Kier alpha value is -5.50. The first-order valence-electron chi connectivity index (χ1n) is 16.0. The van der Waals surface area contributed by atoms with Crippen LogP contribution in [0.4, 0.5) is 5.69 Å². The van der Waals surface area contributed by atoms with Crippen LogP contribution in [0.2, 0.25) is 0 Å². The van der Waals surface area contributed by atoms with Crippen LogP contribution in [-0.2, 0) is 25.0 Å². The molecule has 11 heteroatoms. The summed E-state index contributed by atoms with van der Waals surface area (Å²) in [5.74, 6) is 0.231. The number of ether oxygens (including phenoxy) is 1. The Morgan fingerprint density at radius 1 is 1.18 bits per heavy atom. The third kappa shape index (κ3) is 6.15. The van der Waals surface area contributed by atoms with Crippen LogP contribution in [-0.4, -0.2) is 51.8 Å². The van der Waals surface area contributed by atoms with Crippen LogP contribution < -0.4 is 15.4 Å². The van der Waals surface area contributed by atoms with Crippen LogP contribution in [0.5, 0.6) is 5.88 Å². The maximum Gasteiger partial charge on any atom is 0.271 e. The maximum atomic E-state index is 14.1. The molecular formula is C38H34ClN7O3. The lowest BCUT2D eigenvalue weighted by atomic mass is 9.81. The zero-order valence-corrected chi connectivity index (χ0v) is 28.1. The number of fused-ring (bicyclic) bond motifs is 2. The number of halogens is 1. The predicted octanol–water partition coefficient (Wildman–Crippen LogP) is 6.29. The number of hydrogen-bond donors (Lipinski definition) is 2. The second-order valence-corrected chi connectivity index (χ2v) is 12.8. The molecule has 4 heterocycles. The van der Waals surface area contributed by atoms with E-state index in [1.54, 1.807) is 37.6 Å². The average molecular weight is 672 g/mol. The van der Waals surface area contributed by atoms with Crippen molar-refractivity contribution < 1.29 is 13.9 Å². The molecule has 0 radical (unpaired) electrons. The fourth-order valence-electron chi connectivity index (χ4n) is 6.40. The van der Waals surface area contributed by atoms with Gasteiger partial charge in [0, 0.05) is 49.7 Å². The third-order valence-corrected chi connectivity index (χ3v) is 9.60. The molecular weight excluding hydrogens is 638 g/mol. The Morgan fingerprint density at radius 3 is 2.86 bits per heavy atom. The van der Waals surface area contributed by atoms with Gasteiger partial charge in [-0.2, -0.15) is 5.26 Å². The largest absolute Gasteiger partial charge is 0.481 e. The number of alkyl halides is 1. The van der Waals surface area contributed by atoms with Crippen LogP contribution in [0.3, 0.4) is 0 Å². The summed E-state index contributed by atoms with van der Waals surface area (Å²) in [6.45, 7) is 4.07. The summed E-state index contributed by atoms with van der Waals surface area (Å²) in [6.07, 6.45) is 8.01. The summed E-state index contributed by atoms with van der Waals surface area (Å²) in [6, 6.07) is 21.1. The molecule has 1 aliphatic carbocycles. The quantitative estimate of drug-likeness (QED) is 0.183. The molecule has 2 atom stereocenters. The van der Waals surface area contributed by atoms with Crippen molar-refractivity contribution in [3.63, 3.8) is 0 Å². The van der Waals surface area contributed by atoms with Crippen molar-refractivity contribution >= 4 is 39.9 Å². The number of nitriles is 1. The zero-order chi connectivity index (χ0) is 34.1. The van der Waals surface area contributed by atoms with E-state index in [1.807, 2.05) is 61.5 Å². The van der Waals surface area contributed by atoms with Gasteiger partial charge in [0.15, 0.2) is 11.1 Å². The Labute approximate surface area is 289 Å². The van der Waals surface area contributed by atoms with Gasteiger partial charge in [-0.25, -0.2) is 15.0 Å². The first-order chi connectivity index (χ1) is 23.8. The van der Waals surface area contributed by atoms with Gasteiger partial charge < -0.3 is 24.7 Å². The highest BCUT2D eigenvalue weighted by atomic mass is 35.5. The van der Waals surface area contributed by atoms with E-state index in [9.17, 15) is 10.1 Å². The van der Waals surface area contributed by atoms with Crippen LogP contribution in [0.1, 0.15) is 49.9 Å². The Morgan fingerprint density at radius 2 is 2.04 bits per heavy atom. The van der Waals surface area contributed by atoms with E-state index in [1.165, 1.54) is 0 Å². The predicted molar refractivity (Wildman–Crippen MR) is 188 cm³/mol. The van der Waals surface area contributed by atoms with Gasteiger partial charge in [0.25, 0.3) is 5.91 Å². The second kappa shape index (κ2) is 13.2. The van der Waals surface area contributed by atoms with Crippen molar-refractivity contribution in [1.29, 1.82) is 5.26 Å². The van der Waals surface area contributed by atoms with Gasteiger partial charge in [0.1, 0.15) is 17.3 Å². The molecule has 7 rings (SSSR count). The smallest absolute Gasteiger partial charge is 0.271 e. The van der Waals surface area contributed by atoms with E-state index in [4.69, 9.17) is 30.7 Å². The molecule has 2 aliphatic rings. The van der Waals surface area contributed by atoms with Crippen molar-refractivity contribution in [1.82, 2.24) is 25.2 Å². The van der Waals surface area contributed by atoms with E-state index >= 15 is 0 Å². The number of aryl methyl sites for hydroxylation is 1. The van der Waals surface area contributed by atoms with Crippen molar-refractivity contribution in [2.75, 3.05) is 26.0 Å². The number of benzene rings is 2. The number of nitrogens with one attached hydrogen (secondary N) is 2. The molecule has 1 aliphatic heterocycles.